The molecule has 1 atom stereocenters. The highest BCUT2D eigenvalue weighted by molar-refractivity contribution is 7.89. The van der Waals surface area contributed by atoms with Gasteiger partial charge in [-0.1, -0.05) is 18.6 Å². The van der Waals surface area contributed by atoms with Gasteiger partial charge in [-0.15, -0.1) is 0 Å². The number of rotatable bonds is 5. The Bertz CT molecular complexity index is 510. The van der Waals surface area contributed by atoms with Crippen LogP contribution < -0.4 is 10.0 Å². The van der Waals surface area contributed by atoms with Gasteiger partial charge in [0.2, 0.25) is 10.0 Å². The minimum atomic E-state index is -3.29. The summed E-state index contributed by atoms with van der Waals surface area (Å²) in [5.41, 5.74) is 0.750. The van der Waals surface area contributed by atoms with Gasteiger partial charge in [-0.2, -0.15) is 0 Å². The zero-order valence-corrected chi connectivity index (χ0v) is 11.6. The smallest absolute Gasteiger partial charge is 0.213 e. The average Bonchev–Trinajstić information content (AvgIpc) is 2.37. The third-order valence-electron chi connectivity index (χ3n) is 3.24. The van der Waals surface area contributed by atoms with E-state index in [9.17, 15) is 13.5 Å². The number of piperidine rings is 1. The highest BCUT2D eigenvalue weighted by Gasteiger charge is 2.20. The molecular weight excluding hydrogens is 264 g/mol. The number of phenols is 1. The van der Waals surface area contributed by atoms with Crippen molar-refractivity contribution >= 4 is 10.0 Å². The quantitative estimate of drug-likeness (QED) is 0.752. The van der Waals surface area contributed by atoms with E-state index in [1.807, 2.05) is 0 Å². The molecule has 6 heteroatoms. The molecule has 1 aromatic carbocycles. The number of hydrogen-bond donors (Lipinski definition) is 3. The Kier molecular flexibility index (Phi) is 4.79. The number of aromatic hydroxyl groups is 1. The molecule has 0 aliphatic carbocycles. The molecule has 1 aliphatic heterocycles. The zero-order chi connectivity index (χ0) is 13.7. The van der Waals surface area contributed by atoms with Crippen molar-refractivity contribution in [3.63, 3.8) is 0 Å². The Hall–Kier alpha value is -1.11. The molecule has 1 aromatic rings. The van der Waals surface area contributed by atoms with Gasteiger partial charge in [0.15, 0.2) is 0 Å². The minimum Gasteiger partial charge on any atom is -0.508 e. The van der Waals surface area contributed by atoms with Crippen molar-refractivity contribution in [3.05, 3.63) is 29.8 Å². The fraction of sp³-hybridized carbons (Fsp3) is 0.538. The van der Waals surface area contributed by atoms with E-state index in [0.717, 1.165) is 31.4 Å². The van der Waals surface area contributed by atoms with Crippen LogP contribution in [0.3, 0.4) is 0 Å². The summed E-state index contributed by atoms with van der Waals surface area (Å²) >= 11 is 0. The van der Waals surface area contributed by atoms with Crippen LogP contribution in [-0.2, 0) is 16.6 Å². The summed E-state index contributed by atoms with van der Waals surface area (Å²) in [5.74, 6) is 0.261. The molecule has 106 valence electrons. The van der Waals surface area contributed by atoms with Crippen LogP contribution in [0, 0.1) is 0 Å². The molecule has 19 heavy (non-hydrogen) atoms. The van der Waals surface area contributed by atoms with Gasteiger partial charge in [0.1, 0.15) is 5.75 Å². The number of nitrogens with one attached hydrogen (secondary N) is 2. The van der Waals surface area contributed by atoms with Crippen molar-refractivity contribution in [1.29, 1.82) is 0 Å². The van der Waals surface area contributed by atoms with Crippen molar-refractivity contribution in [2.45, 2.75) is 31.8 Å². The molecule has 0 amide bonds. The summed E-state index contributed by atoms with van der Waals surface area (Å²) in [4.78, 5) is 0. The lowest BCUT2D eigenvalue weighted by atomic mass is 10.1. The first-order valence-electron chi connectivity index (χ1n) is 6.54. The van der Waals surface area contributed by atoms with Crippen LogP contribution in [0.15, 0.2) is 24.3 Å². The summed E-state index contributed by atoms with van der Waals surface area (Å²) in [6.07, 6.45) is 3.11. The fourth-order valence-corrected chi connectivity index (χ4v) is 3.57. The lowest BCUT2D eigenvalue weighted by molar-refractivity contribution is 0.422. The van der Waals surface area contributed by atoms with Crippen molar-refractivity contribution in [2.24, 2.45) is 0 Å². The molecule has 0 aromatic heterocycles. The Labute approximate surface area is 114 Å². The Morgan fingerprint density at radius 1 is 1.37 bits per heavy atom. The van der Waals surface area contributed by atoms with Gasteiger partial charge in [-0.3, -0.25) is 0 Å². The molecule has 1 heterocycles. The number of hydrogen-bond acceptors (Lipinski definition) is 4. The lowest BCUT2D eigenvalue weighted by Crippen LogP contribution is -2.42. The molecule has 3 N–H and O–H groups in total. The van der Waals surface area contributed by atoms with E-state index in [4.69, 9.17) is 0 Å². The normalized spacial score (nSPS) is 20.3. The largest absolute Gasteiger partial charge is 0.508 e. The summed E-state index contributed by atoms with van der Waals surface area (Å²) < 4.78 is 26.5. The van der Waals surface area contributed by atoms with Crippen LogP contribution in [0.1, 0.15) is 24.8 Å². The Balaban J connectivity index is 1.86. The topological polar surface area (TPSA) is 78.4 Å². The highest BCUT2D eigenvalue weighted by Crippen LogP contribution is 2.12. The minimum absolute atomic E-state index is 0.0513. The maximum Gasteiger partial charge on any atom is 0.213 e. The molecule has 2 rings (SSSR count). The Morgan fingerprint density at radius 2 is 2.21 bits per heavy atom. The molecule has 0 radical (unpaired) electrons. The summed E-state index contributed by atoms with van der Waals surface area (Å²) in [7, 11) is -3.29. The van der Waals surface area contributed by atoms with E-state index in [1.54, 1.807) is 24.3 Å². The first-order chi connectivity index (χ1) is 9.05. The second-order valence-corrected chi connectivity index (χ2v) is 6.77. The van der Waals surface area contributed by atoms with Crippen LogP contribution in [-0.4, -0.2) is 31.9 Å². The third kappa shape index (κ3) is 4.81. The maximum atomic E-state index is 11.9. The van der Waals surface area contributed by atoms with Crippen molar-refractivity contribution in [3.8, 4) is 5.75 Å². The van der Waals surface area contributed by atoms with Crippen molar-refractivity contribution < 1.29 is 13.5 Å². The molecular formula is C13H20N2O3S. The van der Waals surface area contributed by atoms with Crippen molar-refractivity contribution in [2.75, 3.05) is 12.3 Å². The SMILES string of the molecule is O=S(=O)(CC1CCCCN1)NCc1cccc(O)c1. The molecule has 1 fully saturated rings. The van der Waals surface area contributed by atoms with E-state index in [-0.39, 0.29) is 24.1 Å². The second-order valence-electron chi connectivity index (χ2n) is 4.92. The molecule has 0 bridgehead atoms. The van der Waals surface area contributed by atoms with Crippen LogP contribution in [0.5, 0.6) is 5.75 Å². The number of sulfonamides is 1. The highest BCUT2D eigenvalue weighted by atomic mass is 32.2. The first-order valence-corrected chi connectivity index (χ1v) is 8.19. The first kappa shape index (κ1) is 14.3. The fourth-order valence-electron chi connectivity index (χ4n) is 2.25. The van der Waals surface area contributed by atoms with Gasteiger partial charge < -0.3 is 10.4 Å². The predicted octanol–water partition coefficient (Wildman–Crippen LogP) is 0.954. The maximum absolute atomic E-state index is 11.9. The van der Waals surface area contributed by atoms with E-state index in [2.05, 4.69) is 10.0 Å². The van der Waals surface area contributed by atoms with Gasteiger partial charge in [-0.05, 0) is 37.1 Å². The van der Waals surface area contributed by atoms with Gasteiger partial charge in [-0.25, -0.2) is 13.1 Å². The molecule has 1 unspecified atom stereocenters. The zero-order valence-electron chi connectivity index (χ0n) is 10.8. The molecule has 1 aliphatic rings. The van der Waals surface area contributed by atoms with E-state index in [1.165, 1.54) is 0 Å². The van der Waals surface area contributed by atoms with Crippen LogP contribution >= 0.6 is 0 Å². The van der Waals surface area contributed by atoms with Crippen LogP contribution in [0.25, 0.3) is 0 Å². The van der Waals surface area contributed by atoms with Gasteiger partial charge in [0.25, 0.3) is 0 Å². The summed E-state index contributed by atoms with van der Waals surface area (Å²) in [6, 6.07) is 6.64. The van der Waals surface area contributed by atoms with E-state index < -0.39 is 10.0 Å². The summed E-state index contributed by atoms with van der Waals surface area (Å²) in [6.45, 7) is 1.11. The number of phenolic OH excluding ortho intramolecular Hbond substituents is 1. The molecule has 5 nitrogen and oxygen atoms in total. The summed E-state index contributed by atoms with van der Waals surface area (Å²) in [5, 5.41) is 12.5. The number of benzene rings is 1. The lowest BCUT2D eigenvalue weighted by Gasteiger charge is -2.23. The Morgan fingerprint density at radius 3 is 2.89 bits per heavy atom. The monoisotopic (exact) mass is 284 g/mol. The third-order valence-corrected chi connectivity index (χ3v) is 4.67. The van der Waals surface area contributed by atoms with Gasteiger partial charge in [0.05, 0.1) is 5.75 Å². The van der Waals surface area contributed by atoms with E-state index >= 15 is 0 Å². The average molecular weight is 284 g/mol. The van der Waals surface area contributed by atoms with Crippen molar-refractivity contribution in [1.82, 2.24) is 10.0 Å². The van der Waals surface area contributed by atoms with Gasteiger partial charge in [0, 0.05) is 12.6 Å². The molecule has 1 saturated heterocycles. The van der Waals surface area contributed by atoms with E-state index in [0.29, 0.717) is 0 Å². The van der Waals surface area contributed by atoms with Crippen LogP contribution in [0.2, 0.25) is 0 Å². The van der Waals surface area contributed by atoms with Gasteiger partial charge >= 0.3 is 0 Å². The second kappa shape index (κ2) is 6.36. The molecule has 0 saturated carbocycles. The van der Waals surface area contributed by atoms with Crippen LogP contribution in [0.4, 0.5) is 0 Å². The standard InChI is InChI=1S/C13H20N2O3S/c16-13-6-3-4-11(8-13)9-15-19(17,18)10-12-5-1-2-7-14-12/h3-4,6,8,12,14-16H,1-2,5,7,9-10H2. The predicted molar refractivity (Wildman–Crippen MR) is 74.4 cm³/mol. The molecule has 0 spiro atoms.